The molecule has 6 nitrogen and oxygen atoms in total. The first-order valence-electron chi connectivity index (χ1n) is 9.88. The highest BCUT2D eigenvalue weighted by Gasteiger charge is 2.22. The van der Waals surface area contributed by atoms with Gasteiger partial charge in [0.2, 0.25) is 0 Å². The number of methoxy groups -OCH3 is 1. The van der Waals surface area contributed by atoms with Crippen LogP contribution in [-0.2, 0) is 14.3 Å². The summed E-state index contributed by atoms with van der Waals surface area (Å²) in [6, 6.07) is 5.57. The van der Waals surface area contributed by atoms with Crippen LogP contribution in [0, 0.1) is 5.92 Å². The van der Waals surface area contributed by atoms with Crippen molar-refractivity contribution in [1.82, 2.24) is 5.32 Å². The Balaban J connectivity index is 1.83. The largest absolute Gasteiger partial charge is 0.493 e. The van der Waals surface area contributed by atoms with Gasteiger partial charge in [-0.15, -0.1) is 0 Å². The zero-order valence-corrected chi connectivity index (χ0v) is 17.2. The molecule has 28 heavy (non-hydrogen) atoms. The number of hydrogen-bond donors (Lipinski definition) is 1. The molecule has 1 amide bonds. The second kappa shape index (κ2) is 10.7. The summed E-state index contributed by atoms with van der Waals surface area (Å²) in [4.78, 5) is 23.9. The number of nitrogens with one attached hydrogen (secondary N) is 1. The maximum Gasteiger partial charge on any atom is 0.331 e. The van der Waals surface area contributed by atoms with E-state index in [1.807, 2.05) is 19.9 Å². The molecule has 0 spiro atoms. The highest BCUT2D eigenvalue weighted by atomic mass is 16.5. The van der Waals surface area contributed by atoms with E-state index >= 15 is 0 Å². The lowest BCUT2D eigenvalue weighted by molar-refractivity contribution is -0.144. The molecule has 6 heteroatoms. The van der Waals surface area contributed by atoms with Gasteiger partial charge >= 0.3 is 5.97 Å². The Kier molecular flexibility index (Phi) is 8.36. The van der Waals surface area contributed by atoms with Crippen LogP contribution in [0.5, 0.6) is 11.5 Å². The van der Waals surface area contributed by atoms with Gasteiger partial charge in [0.1, 0.15) is 0 Å². The van der Waals surface area contributed by atoms with Crippen molar-refractivity contribution >= 4 is 18.0 Å². The molecule has 2 atom stereocenters. The van der Waals surface area contributed by atoms with Crippen LogP contribution in [0.2, 0.25) is 0 Å². The monoisotopic (exact) mass is 389 g/mol. The summed E-state index contributed by atoms with van der Waals surface area (Å²) >= 11 is 0. The van der Waals surface area contributed by atoms with Crippen molar-refractivity contribution in [3.8, 4) is 11.5 Å². The van der Waals surface area contributed by atoms with E-state index in [1.54, 1.807) is 25.3 Å². The van der Waals surface area contributed by atoms with Crippen LogP contribution in [0.25, 0.3) is 6.08 Å². The summed E-state index contributed by atoms with van der Waals surface area (Å²) in [6.07, 6.45) is 7.40. The van der Waals surface area contributed by atoms with Crippen molar-refractivity contribution in [3.63, 3.8) is 0 Å². The predicted molar refractivity (Wildman–Crippen MR) is 108 cm³/mol. The number of ether oxygens (including phenoxy) is 3. The number of amides is 1. The average molecular weight is 389 g/mol. The van der Waals surface area contributed by atoms with Crippen LogP contribution >= 0.6 is 0 Å². The second-order valence-corrected chi connectivity index (χ2v) is 7.45. The summed E-state index contributed by atoms with van der Waals surface area (Å²) in [5, 5.41) is 2.96. The van der Waals surface area contributed by atoms with E-state index in [9.17, 15) is 9.59 Å². The van der Waals surface area contributed by atoms with E-state index in [0.717, 1.165) is 24.8 Å². The molecular formula is C22H31NO5. The van der Waals surface area contributed by atoms with Crippen molar-refractivity contribution in [3.05, 3.63) is 29.8 Å². The van der Waals surface area contributed by atoms with E-state index < -0.39 is 5.97 Å². The summed E-state index contributed by atoms with van der Waals surface area (Å²) in [7, 11) is 1.57. The molecule has 0 aromatic heterocycles. The van der Waals surface area contributed by atoms with Crippen LogP contribution in [0.4, 0.5) is 0 Å². The number of carbonyl (C=O) groups is 2. The third kappa shape index (κ3) is 6.91. The van der Waals surface area contributed by atoms with Gasteiger partial charge in [0.05, 0.1) is 13.2 Å². The molecule has 0 heterocycles. The summed E-state index contributed by atoms with van der Waals surface area (Å²) in [5.74, 6) is 0.882. The van der Waals surface area contributed by atoms with Gasteiger partial charge in [-0.3, -0.25) is 4.79 Å². The smallest absolute Gasteiger partial charge is 0.331 e. The SMILES string of the molecule is COc1cc(/C=C/C(=O)OCC(=O)N[C@@H]2CCCC[C@@H]2C)ccc1OC(C)C. The Hall–Kier alpha value is -2.50. The van der Waals surface area contributed by atoms with Crippen molar-refractivity contribution in [2.24, 2.45) is 5.92 Å². The normalized spacial score (nSPS) is 19.5. The van der Waals surface area contributed by atoms with Crippen LogP contribution in [-0.4, -0.2) is 37.7 Å². The van der Waals surface area contributed by atoms with Gasteiger partial charge in [0, 0.05) is 12.1 Å². The Labute approximate surface area is 167 Å². The van der Waals surface area contributed by atoms with E-state index in [1.165, 1.54) is 12.5 Å². The quantitative estimate of drug-likeness (QED) is 0.542. The zero-order valence-electron chi connectivity index (χ0n) is 17.2. The maximum absolute atomic E-state index is 12.0. The van der Waals surface area contributed by atoms with E-state index in [-0.39, 0.29) is 24.7 Å². The lowest BCUT2D eigenvalue weighted by atomic mass is 9.86. The Morgan fingerprint density at radius 3 is 2.64 bits per heavy atom. The number of benzene rings is 1. The number of hydrogen-bond acceptors (Lipinski definition) is 5. The minimum Gasteiger partial charge on any atom is -0.493 e. The fourth-order valence-electron chi connectivity index (χ4n) is 3.27. The molecule has 1 saturated carbocycles. The predicted octanol–water partition coefficient (Wildman–Crippen LogP) is 3.73. The topological polar surface area (TPSA) is 73.9 Å². The van der Waals surface area contributed by atoms with Gasteiger partial charge in [0.25, 0.3) is 5.91 Å². The molecule has 0 aliphatic heterocycles. The van der Waals surface area contributed by atoms with E-state index in [0.29, 0.717) is 17.4 Å². The van der Waals surface area contributed by atoms with Crippen LogP contribution in [0.3, 0.4) is 0 Å². The Morgan fingerprint density at radius 2 is 1.96 bits per heavy atom. The fraction of sp³-hybridized carbons (Fsp3) is 0.545. The molecule has 1 N–H and O–H groups in total. The Morgan fingerprint density at radius 1 is 1.21 bits per heavy atom. The average Bonchev–Trinajstić information content (AvgIpc) is 2.67. The molecule has 1 aromatic carbocycles. The highest BCUT2D eigenvalue weighted by molar-refractivity contribution is 5.89. The molecule has 0 radical (unpaired) electrons. The van der Waals surface area contributed by atoms with Crippen molar-refractivity contribution in [1.29, 1.82) is 0 Å². The molecule has 1 fully saturated rings. The first-order chi connectivity index (χ1) is 13.4. The molecule has 1 aromatic rings. The third-order valence-corrected chi connectivity index (χ3v) is 4.77. The molecule has 154 valence electrons. The van der Waals surface area contributed by atoms with Crippen LogP contribution in [0.15, 0.2) is 24.3 Å². The maximum atomic E-state index is 12.0. The van der Waals surface area contributed by atoms with Crippen molar-refractivity contribution in [2.45, 2.75) is 58.6 Å². The molecule has 0 saturated heterocycles. The third-order valence-electron chi connectivity index (χ3n) is 4.77. The van der Waals surface area contributed by atoms with Crippen molar-refractivity contribution < 1.29 is 23.8 Å². The first-order valence-corrected chi connectivity index (χ1v) is 9.88. The number of esters is 1. The Bertz CT molecular complexity index is 698. The zero-order chi connectivity index (χ0) is 20.5. The number of carbonyl (C=O) groups excluding carboxylic acids is 2. The van der Waals surface area contributed by atoms with Crippen molar-refractivity contribution in [2.75, 3.05) is 13.7 Å². The van der Waals surface area contributed by atoms with Gasteiger partial charge in [-0.1, -0.05) is 25.8 Å². The molecule has 0 unspecified atom stereocenters. The number of rotatable bonds is 8. The van der Waals surface area contributed by atoms with Gasteiger partial charge < -0.3 is 19.5 Å². The summed E-state index contributed by atoms with van der Waals surface area (Å²) < 4.78 is 16.0. The summed E-state index contributed by atoms with van der Waals surface area (Å²) in [6.45, 7) is 5.75. The summed E-state index contributed by atoms with van der Waals surface area (Å²) in [5.41, 5.74) is 0.769. The van der Waals surface area contributed by atoms with Crippen LogP contribution < -0.4 is 14.8 Å². The first kappa shape index (κ1) is 21.8. The lowest BCUT2D eigenvalue weighted by Gasteiger charge is -2.29. The minimum atomic E-state index is -0.562. The van der Waals surface area contributed by atoms with Gasteiger partial charge in [-0.05, 0) is 56.4 Å². The van der Waals surface area contributed by atoms with E-state index in [4.69, 9.17) is 14.2 Å². The fourth-order valence-corrected chi connectivity index (χ4v) is 3.27. The standard InChI is InChI=1S/C22H31NO5/c1-15(2)28-19-11-9-17(13-20(19)26-4)10-12-22(25)27-14-21(24)23-18-8-6-5-7-16(18)3/h9-13,15-16,18H,5-8,14H2,1-4H3,(H,23,24)/b12-10+/t16-,18+/m0/s1. The van der Waals surface area contributed by atoms with E-state index in [2.05, 4.69) is 12.2 Å². The van der Waals surface area contributed by atoms with Gasteiger partial charge in [0.15, 0.2) is 18.1 Å². The van der Waals surface area contributed by atoms with Gasteiger partial charge in [-0.2, -0.15) is 0 Å². The lowest BCUT2D eigenvalue weighted by Crippen LogP contribution is -2.42. The highest BCUT2D eigenvalue weighted by Crippen LogP contribution is 2.29. The molecular weight excluding hydrogens is 358 g/mol. The minimum absolute atomic E-state index is 0.0352. The molecule has 2 rings (SSSR count). The van der Waals surface area contributed by atoms with Crippen LogP contribution in [0.1, 0.15) is 52.0 Å². The van der Waals surface area contributed by atoms with Gasteiger partial charge in [-0.25, -0.2) is 4.79 Å². The molecule has 1 aliphatic carbocycles. The molecule has 1 aliphatic rings. The molecule has 0 bridgehead atoms. The second-order valence-electron chi connectivity index (χ2n) is 7.45.